The summed E-state index contributed by atoms with van der Waals surface area (Å²) < 4.78 is 20.6. The van der Waals surface area contributed by atoms with Gasteiger partial charge in [-0.1, -0.05) is 43.6 Å². The van der Waals surface area contributed by atoms with E-state index in [0.29, 0.717) is 12.0 Å². The highest BCUT2D eigenvalue weighted by Crippen LogP contribution is 2.47. The number of carbonyl (C=O) groups excluding carboxylic acids is 1. The molecule has 2 rings (SSSR count). The highest BCUT2D eigenvalue weighted by molar-refractivity contribution is 7.46. The molecule has 0 saturated heterocycles. The fourth-order valence-corrected chi connectivity index (χ4v) is 4.28. The Morgan fingerprint density at radius 1 is 1.24 bits per heavy atom. The molecule has 9 N–H and O–H groups in total. The van der Waals surface area contributed by atoms with Crippen LogP contribution >= 0.6 is 7.82 Å². The molecule has 1 aromatic carbocycles. The first-order chi connectivity index (χ1) is 14.5. The lowest BCUT2D eigenvalue weighted by Gasteiger charge is -2.32. The van der Waals surface area contributed by atoms with Crippen molar-refractivity contribution in [2.24, 2.45) is 5.92 Å². The van der Waals surface area contributed by atoms with Gasteiger partial charge in [-0.25, -0.2) is 9.36 Å². The van der Waals surface area contributed by atoms with Crippen molar-refractivity contribution in [1.82, 2.24) is 12.3 Å². The molecule has 0 heterocycles. The molecule has 33 heavy (non-hydrogen) atoms. The Labute approximate surface area is 196 Å². The van der Waals surface area contributed by atoms with Crippen molar-refractivity contribution in [2.75, 3.05) is 6.61 Å². The number of esters is 1. The first kappa shape index (κ1) is 31.0. The van der Waals surface area contributed by atoms with Crippen LogP contribution in [-0.2, 0) is 20.3 Å². The van der Waals surface area contributed by atoms with E-state index in [1.807, 2.05) is 13.8 Å². The first-order valence-corrected chi connectivity index (χ1v) is 12.1. The molecule has 0 saturated carbocycles. The average molecular weight is 487 g/mol. The molecule has 0 unspecified atom stereocenters. The average Bonchev–Trinajstić information content (AvgIpc) is 2.65. The van der Waals surface area contributed by atoms with E-state index in [2.05, 4.69) is 24.1 Å². The van der Waals surface area contributed by atoms with Gasteiger partial charge in [0.1, 0.15) is 11.5 Å². The van der Waals surface area contributed by atoms with Gasteiger partial charge in [-0.15, -0.1) is 0 Å². The van der Waals surface area contributed by atoms with Gasteiger partial charge in [0.15, 0.2) is 6.61 Å². The zero-order chi connectivity index (χ0) is 23.2. The third-order valence-corrected chi connectivity index (χ3v) is 6.00. The zero-order valence-corrected chi connectivity index (χ0v) is 20.8. The van der Waals surface area contributed by atoms with E-state index in [0.717, 1.165) is 43.2 Å². The van der Waals surface area contributed by atoms with Crippen molar-refractivity contribution in [3.8, 4) is 11.5 Å². The fraction of sp³-hybridized carbons (Fsp3) is 0.522. The number of phenols is 1. The standard InChI is InChI=1S/C23H33O7P.2H3N/c1-5-6-7-8-17-12-20(24)23(19-11-16(4)9-10-18(19)15(2)3)21(13-17)30-22(25)14-29-31(26,27)28;;/h11-13,18-19,24H,2,5-10,14H2,1,3-4H3,(H2,26,27,28);2*1H3/t18-,19+;;/m0../s1. The third-order valence-electron chi connectivity index (χ3n) is 5.54. The van der Waals surface area contributed by atoms with E-state index in [4.69, 9.17) is 14.5 Å². The highest BCUT2D eigenvalue weighted by atomic mass is 31.2. The molecule has 0 aromatic heterocycles. The number of phosphoric acid groups is 1. The highest BCUT2D eigenvalue weighted by Gasteiger charge is 2.31. The summed E-state index contributed by atoms with van der Waals surface area (Å²) in [6.07, 6.45) is 7.60. The number of aromatic hydroxyl groups is 1. The minimum atomic E-state index is -4.80. The van der Waals surface area contributed by atoms with Crippen molar-refractivity contribution in [3.63, 3.8) is 0 Å². The number of allylic oxidation sites excluding steroid dienone is 3. The second-order valence-electron chi connectivity index (χ2n) is 8.25. The van der Waals surface area contributed by atoms with Crippen molar-refractivity contribution < 1.29 is 33.5 Å². The van der Waals surface area contributed by atoms with Gasteiger partial charge in [0.25, 0.3) is 0 Å². The molecule has 188 valence electrons. The number of benzene rings is 1. The molecule has 2 atom stereocenters. The number of rotatable bonds is 10. The van der Waals surface area contributed by atoms with E-state index in [1.165, 1.54) is 5.57 Å². The molecular weight excluding hydrogens is 447 g/mol. The van der Waals surface area contributed by atoms with Crippen LogP contribution in [0, 0.1) is 5.92 Å². The van der Waals surface area contributed by atoms with Gasteiger partial charge in [0.2, 0.25) is 0 Å². The Morgan fingerprint density at radius 3 is 2.48 bits per heavy atom. The van der Waals surface area contributed by atoms with Crippen LogP contribution in [0.1, 0.15) is 69.9 Å². The minimum absolute atomic E-state index is 0. The SMILES string of the molecule is C=C(C)[C@@H]1CCC(C)=C[C@H]1c1c(O)cc(CCCCC)cc1OC(=O)COP(=O)(O)O.N.N. The maximum atomic E-state index is 12.3. The number of carbonyl (C=O) groups is 1. The predicted molar refractivity (Wildman–Crippen MR) is 129 cm³/mol. The summed E-state index contributed by atoms with van der Waals surface area (Å²) in [7, 11) is -4.80. The Bertz CT molecular complexity index is 895. The second kappa shape index (κ2) is 13.6. The molecule has 1 aliphatic carbocycles. The Morgan fingerprint density at radius 2 is 1.91 bits per heavy atom. The van der Waals surface area contributed by atoms with Crippen LogP contribution in [0.15, 0.2) is 35.9 Å². The Kier molecular flexibility index (Phi) is 12.8. The molecule has 0 radical (unpaired) electrons. The van der Waals surface area contributed by atoms with Crippen LogP contribution in [-0.4, -0.2) is 27.5 Å². The van der Waals surface area contributed by atoms with Crippen LogP contribution in [0.4, 0.5) is 0 Å². The summed E-state index contributed by atoms with van der Waals surface area (Å²) >= 11 is 0. The predicted octanol–water partition coefficient (Wildman–Crippen LogP) is 5.48. The summed E-state index contributed by atoms with van der Waals surface area (Å²) in [5.41, 5.74) is 3.46. The van der Waals surface area contributed by atoms with E-state index >= 15 is 0 Å². The van der Waals surface area contributed by atoms with Gasteiger partial charge >= 0.3 is 13.8 Å². The van der Waals surface area contributed by atoms with Crippen molar-refractivity contribution in [2.45, 2.75) is 65.2 Å². The Balaban J connectivity index is 0.00000512. The number of aryl methyl sites for hydroxylation is 1. The van der Waals surface area contributed by atoms with Crippen LogP contribution in [0.25, 0.3) is 0 Å². The molecule has 0 bridgehead atoms. The van der Waals surface area contributed by atoms with Gasteiger partial charge in [-0.05, 0) is 63.1 Å². The van der Waals surface area contributed by atoms with Gasteiger partial charge in [0.05, 0.1) is 0 Å². The number of phenolic OH excluding ortho intramolecular Hbond substituents is 1. The fourth-order valence-electron chi connectivity index (χ4n) is 4.01. The van der Waals surface area contributed by atoms with Crippen LogP contribution in [0.5, 0.6) is 11.5 Å². The summed E-state index contributed by atoms with van der Waals surface area (Å²) in [6, 6.07) is 3.44. The summed E-state index contributed by atoms with van der Waals surface area (Å²) in [5, 5.41) is 10.9. The number of unbranched alkanes of at least 4 members (excludes halogenated alkanes) is 2. The lowest BCUT2D eigenvalue weighted by atomic mass is 9.73. The van der Waals surface area contributed by atoms with Crippen molar-refractivity contribution >= 4 is 13.8 Å². The topological polar surface area (TPSA) is 183 Å². The molecule has 0 spiro atoms. The van der Waals surface area contributed by atoms with Crippen molar-refractivity contribution in [3.05, 3.63) is 47.1 Å². The number of phosphoric ester groups is 1. The number of ether oxygens (including phenoxy) is 1. The summed E-state index contributed by atoms with van der Waals surface area (Å²) in [5.74, 6) is -0.869. The van der Waals surface area contributed by atoms with E-state index in [1.54, 1.807) is 12.1 Å². The molecule has 10 heteroatoms. The molecule has 0 fully saturated rings. The molecule has 1 aliphatic rings. The van der Waals surface area contributed by atoms with Crippen molar-refractivity contribution in [1.29, 1.82) is 0 Å². The molecule has 1 aromatic rings. The van der Waals surface area contributed by atoms with Gasteiger partial charge in [-0.2, -0.15) is 0 Å². The van der Waals surface area contributed by atoms with E-state index in [-0.39, 0.29) is 35.6 Å². The maximum Gasteiger partial charge on any atom is 0.470 e. The minimum Gasteiger partial charge on any atom is -0.507 e. The normalized spacial score (nSPS) is 17.9. The number of hydrogen-bond donors (Lipinski definition) is 5. The second-order valence-corrected chi connectivity index (χ2v) is 9.49. The lowest BCUT2D eigenvalue weighted by molar-refractivity contribution is -0.137. The largest absolute Gasteiger partial charge is 0.507 e. The van der Waals surface area contributed by atoms with Crippen LogP contribution in [0.2, 0.25) is 0 Å². The smallest absolute Gasteiger partial charge is 0.470 e. The zero-order valence-electron chi connectivity index (χ0n) is 19.9. The van der Waals surface area contributed by atoms with Gasteiger partial charge < -0.3 is 31.9 Å². The van der Waals surface area contributed by atoms with E-state index < -0.39 is 20.4 Å². The summed E-state index contributed by atoms with van der Waals surface area (Å²) in [6.45, 7) is 9.28. The molecule has 0 amide bonds. The Hall–Kier alpha value is -2.00. The van der Waals surface area contributed by atoms with Crippen LogP contribution in [0.3, 0.4) is 0 Å². The monoisotopic (exact) mass is 486 g/mol. The maximum absolute atomic E-state index is 12.3. The van der Waals surface area contributed by atoms with Crippen LogP contribution < -0.4 is 17.0 Å². The summed E-state index contributed by atoms with van der Waals surface area (Å²) in [4.78, 5) is 29.9. The number of hydrogen-bond acceptors (Lipinski definition) is 7. The van der Waals surface area contributed by atoms with Gasteiger partial charge in [0, 0.05) is 11.5 Å². The molecule has 0 aliphatic heterocycles. The van der Waals surface area contributed by atoms with E-state index in [9.17, 15) is 14.5 Å². The quantitative estimate of drug-likeness (QED) is 0.0939. The van der Waals surface area contributed by atoms with Gasteiger partial charge in [-0.3, -0.25) is 4.52 Å². The third kappa shape index (κ3) is 9.41. The lowest BCUT2D eigenvalue weighted by Crippen LogP contribution is -2.20. The molecule has 9 nitrogen and oxygen atoms in total. The first-order valence-electron chi connectivity index (χ1n) is 10.6. The molecular formula is C23H39N2O7P.